The highest BCUT2D eigenvalue weighted by molar-refractivity contribution is 7.20. The Labute approximate surface area is 326 Å². The summed E-state index contributed by atoms with van der Waals surface area (Å²) >= 11 is 0. The second kappa shape index (κ2) is 16.9. The van der Waals surface area contributed by atoms with Gasteiger partial charge in [0.05, 0.1) is 12.4 Å². The maximum Gasteiger partial charge on any atom is 0.200 e. The fraction of sp³-hybridized carbons (Fsp3) is 0.0541. The molecule has 0 atom stereocenters. The lowest BCUT2D eigenvalue weighted by molar-refractivity contribution is -0.688. The van der Waals surface area contributed by atoms with Crippen LogP contribution in [0.3, 0.4) is 0 Å². The zero-order chi connectivity index (χ0) is 45.7. The molecule has 0 fully saturated rings. The maximum absolute atomic E-state index is 15.4. The molecule has 1 heterocycles. The molecule has 0 unspecified atom stereocenters. The van der Waals surface area contributed by atoms with Crippen LogP contribution in [0.5, 0.6) is 0 Å². The van der Waals surface area contributed by atoms with E-state index in [0.717, 1.165) is 12.1 Å². The number of carbonyl (C=O) groups is 1. The van der Waals surface area contributed by atoms with Gasteiger partial charge in [0.2, 0.25) is 0 Å². The van der Waals surface area contributed by atoms with Gasteiger partial charge in [0, 0.05) is 11.1 Å². The Bertz CT molecular complexity index is 2370. The van der Waals surface area contributed by atoms with Crippen molar-refractivity contribution in [2.24, 2.45) is 0 Å². The normalized spacial score (nSPS) is 11.5. The van der Waals surface area contributed by atoms with Crippen LogP contribution in [-0.4, -0.2) is 16.9 Å². The molecule has 0 bridgehead atoms. The second-order valence-corrected chi connectivity index (χ2v) is 12.5. The van der Waals surface area contributed by atoms with Gasteiger partial charge in [0.15, 0.2) is 94.5 Å². The monoisotopic (exact) mass is 892 g/mol. The SMILES string of the molecule is CC(=O)c1ccc(C[n+]2ccncc2)cc1.Fc1c(F)c(F)c([B-](c2c(F)c(F)c(F)c(F)c2F)(c2c(F)c(F)c(F)c(F)c2F)c2c(F)c(F)c(F)c(F)c2F)c(F)c1F. The zero-order valence-corrected chi connectivity index (χ0v) is 29.3. The maximum atomic E-state index is 15.4. The van der Waals surface area contributed by atoms with E-state index >= 15 is 35.1 Å². The van der Waals surface area contributed by atoms with Crippen molar-refractivity contribution < 1.29 is 97.2 Å². The Morgan fingerprint density at radius 3 is 0.869 bits per heavy atom. The Kier molecular flexibility index (Phi) is 12.6. The highest BCUT2D eigenvalue weighted by Gasteiger charge is 2.52. The molecule has 24 heteroatoms. The summed E-state index contributed by atoms with van der Waals surface area (Å²) in [7, 11) is 0. The van der Waals surface area contributed by atoms with Crippen LogP contribution in [0.25, 0.3) is 0 Å². The smallest absolute Gasteiger partial charge is 0.200 e. The fourth-order valence-electron chi connectivity index (χ4n) is 6.38. The summed E-state index contributed by atoms with van der Waals surface area (Å²) in [6, 6.07) is 7.67. The Hall–Kier alpha value is -6.49. The van der Waals surface area contributed by atoms with E-state index in [-0.39, 0.29) is 5.78 Å². The van der Waals surface area contributed by atoms with E-state index in [1.54, 1.807) is 19.3 Å². The highest BCUT2D eigenvalue weighted by Crippen LogP contribution is 2.30. The third kappa shape index (κ3) is 7.30. The zero-order valence-electron chi connectivity index (χ0n) is 29.3. The van der Waals surface area contributed by atoms with Gasteiger partial charge < -0.3 is 0 Å². The van der Waals surface area contributed by atoms with E-state index in [0.29, 0.717) is 0 Å². The number of hydrogen-bond acceptors (Lipinski definition) is 2. The van der Waals surface area contributed by atoms with Crippen LogP contribution in [0.15, 0.2) is 49.1 Å². The lowest BCUT2D eigenvalue weighted by atomic mass is 9.12. The molecule has 5 aromatic carbocycles. The van der Waals surface area contributed by atoms with E-state index in [4.69, 9.17) is 0 Å². The molecule has 0 radical (unpaired) electrons. The van der Waals surface area contributed by atoms with Crippen molar-refractivity contribution >= 4 is 33.8 Å². The topological polar surface area (TPSA) is 33.8 Å². The first-order valence-corrected chi connectivity index (χ1v) is 16.1. The lowest BCUT2D eigenvalue weighted by Crippen LogP contribution is -2.81. The van der Waals surface area contributed by atoms with E-state index in [2.05, 4.69) is 4.98 Å². The summed E-state index contributed by atoms with van der Waals surface area (Å²) in [5.41, 5.74) is -12.4. The van der Waals surface area contributed by atoms with Gasteiger partial charge in [-0.3, -0.25) is 9.78 Å². The van der Waals surface area contributed by atoms with Gasteiger partial charge in [0.1, 0.15) is 52.7 Å². The van der Waals surface area contributed by atoms with Gasteiger partial charge in [-0.05, 0) is 6.92 Å². The second-order valence-electron chi connectivity index (χ2n) is 12.5. The first-order chi connectivity index (χ1) is 28.5. The van der Waals surface area contributed by atoms with Gasteiger partial charge in [-0.25, -0.2) is 87.8 Å². The van der Waals surface area contributed by atoms with E-state index in [9.17, 15) is 57.5 Å². The van der Waals surface area contributed by atoms with Crippen LogP contribution in [0.4, 0.5) is 87.8 Å². The summed E-state index contributed by atoms with van der Waals surface area (Å²) < 4.78 is 296. The van der Waals surface area contributed by atoms with Crippen molar-refractivity contribution in [1.29, 1.82) is 0 Å². The minimum atomic E-state index is -7.22. The van der Waals surface area contributed by atoms with Crippen LogP contribution in [0, 0.1) is 116 Å². The molecular formula is C37H13BF20N2O. The van der Waals surface area contributed by atoms with Gasteiger partial charge in [-0.2, -0.15) is 4.57 Å². The third-order valence-electron chi connectivity index (χ3n) is 9.12. The first kappa shape index (κ1) is 45.6. The summed E-state index contributed by atoms with van der Waals surface area (Å²) in [5, 5.41) is 0. The molecule has 0 aliphatic rings. The van der Waals surface area contributed by atoms with Crippen molar-refractivity contribution in [3.8, 4) is 0 Å². The lowest BCUT2D eigenvalue weighted by Gasteiger charge is -2.44. The largest absolute Gasteiger partial charge is 0.295 e. The van der Waals surface area contributed by atoms with Crippen LogP contribution in [-0.2, 0) is 6.54 Å². The summed E-state index contributed by atoms with van der Waals surface area (Å²) in [6.07, 6.45) is 0.122. The Morgan fingerprint density at radius 2 is 0.639 bits per heavy atom. The quantitative estimate of drug-likeness (QED) is 0.0417. The Balaban J connectivity index is 0.000000366. The molecule has 61 heavy (non-hydrogen) atoms. The predicted molar refractivity (Wildman–Crippen MR) is 169 cm³/mol. The average molecular weight is 892 g/mol. The number of hydrogen-bond donors (Lipinski definition) is 0. The fourth-order valence-corrected chi connectivity index (χ4v) is 6.38. The standard InChI is InChI=1S/C24BF20.C13H13N2O/c26-5-1(6(27)14(35)21(42)13(5)34)25(2-7(28)15(36)22(43)16(37)8(2)29,3-9(30)17(38)23(44)18(39)10(3)31)4-11(32)19(40)24(45)20(41)12(4)33;1-11(16)13-4-2-12(3-5-13)10-15-8-6-14-7-9-15/h;2-9H,10H2,1H3/q-1;+1. The Morgan fingerprint density at radius 1 is 0.410 bits per heavy atom. The number of rotatable bonds is 7. The van der Waals surface area contributed by atoms with E-state index in [1.165, 1.54) is 5.56 Å². The third-order valence-corrected chi connectivity index (χ3v) is 9.12. The van der Waals surface area contributed by atoms with Crippen molar-refractivity contribution in [2.75, 3.05) is 0 Å². The molecule has 3 nitrogen and oxygen atoms in total. The van der Waals surface area contributed by atoms with Crippen LogP contribution >= 0.6 is 0 Å². The van der Waals surface area contributed by atoms with Crippen molar-refractivity contribution in [3.63, 3.8) is 0 Å². The molecule has 6 rings (SSSR count). The van der Waals surface area contributed by atoms with E-state index < -0.39 is 144 Å². The average Bonchev–Trinajstić information content (AvgIpc) is 3.24. The molecule has 6 aromatic rings. The van der Waals surface area contributed by atoms with Gasteiger partial charge in [-0.1, -0.05) is 24.3 Å². The van der Waals surface area contributed by atoms with Crippen LogP contribution < -0.4 is 26.4 Å². The summed E-state index contributed by atoms with van der Waals surface area (Å²) in [4.78, 5) is 15.1. The van der Waals surface area contributed by atoms with Crippen molar-refractivity contribution in [1.82, 2.24) is 4.98 Å². The highest BCUT2D eigenvalue weighted by atomic mass is 19.2. The first-order valence-electron chi connectivity index (χ1n) is 16.1. The van der Waals surface area contributed by atoms with Crippen molar-refractivity contribution in [3.05, 3.63) is 177 Å². The molecule has 0 saturated carbocycles. The number of aromatic nitrogens is 2. The van der Waals surface area contributed by atoms with Gasteiger partial charge in [-0.15, -0.1) is 21.9 Å². The number of carbonyl (C=O) groups excluding carboxylic acids is 1. The minimum absolute atomic E-state index is 0.100. The van der Waals surface area contributed by atoms with E-state index in [1.807, 2.05) is 41.2 Å². The van der Waals surface area contributed by atoms with Crippen LogP contribution in [0.1, 0.15) is 22.8 Å². The number of benzene rings is 5. The molecule has 0 aliphatic heterocycles. The predicted octanol–water partition coefficient (Wildman–Crippen LogP) is 7.47. The molecule has 1 aromatic heterocycles. The molecule has 320 valence electrons. The van der Waals surface area contributed by atoms with Crippen molar-refractivity contribution in [2.45, 2.75) is 13.5 Å². The van der Waals surface area contributed by atoms with Gasteiger partial charge in [0.25, 0.3) is 0 Å². The number of nitrogens with zero attached hydrogens (tertiary/aromatic N) is 2. The molecule has 0 amide bonds. The van der Waals surface area contributed by atoms with Gasteiger partial charge >= 0.3 is 0 Å². The minimum Gasteiger partial charge on any atom is -0.295 e. The summed E-state index contributed by atoms with van der Waals surface area (Å²) in [5.74, 6) is -71.3. The number of Topliss-reactive ketones (excluding diaryl/α,β-unsaturated/α-hetero) is 1. The molecular weight excluding hydrogens is 879 g/mol. The molecule has 0 N–H and O–H groups in total. The number of halogens is 20. The number of ketones is 1. The molecule has 0 saturated heterocycles. The molecule has 0 spiro atoms. The van der Waals surface area contributed by atoms with Crippen LogP contribution in [0.2, 0.25) is 0 Å². The summed E-state index contributed by atoms with van der Waals surface area (Å²) in [6.45, 7) is 2.37. The molecule has 0 aliphatic carbocycles.